The van der Waals surface area contributed by atoms with Gasteiger partial charge in [-0.3, -0.25) is 14.6 Å². The summed E-state index contributed by atoms with van der Waals surface area (Å²) < 4.78 is 0. The summed E-state index contributed by atoms with van der Waals surface area (Å²) in [5, 5.41) is 5.82. The number of hydrogen-bond acceptors (Lipinski definition) is 3. The Morgan fingerprint density at radius 2 is 1.50 bits per heavy atom. The van der Waals surface area contributed by atoms with Crippen LogP contribution in [0.3, 0.4) is 0 Å². The van der Waals surface area contributed by atoms with Crippen molar-refractivity contribution in [2.75, 3.05) is 0 Å². The summed E-state index contributed by atoms with van der Waals surface area (Å²) in [6.07, 6.45) is 2.09. The van der Waals surface area contributed by atoms with Crippen LogP contribution in [0.25, 0.3) is 0 Å². The number of pyridine rings is 1. The second-order valence-corrected chi connectivity index (χ2v) is 6.57. The van der Waals surface area contributed by atoms with Gasteiger partial charge in [0.1, 0.15) is 6.04 Å². The SMILES string of the molecule is CC(NC(=O)C(Cc1ccccc1)NC(=O)c1ccccc1)c1ccccn1. The fraction of sp³-hybridized carbons (Fsp3) is 0.174. The van der Waals surface area contributed by atoms with E-state index in [2.05, 4.69) is 15.6 Å². The number of amides is 2. The van der Waals surface area contributed by atoms with Crippen LogP contribution < -0.4 is 10.6 Å². The Morgan fingerprint density at radius 3 is 2.14 bits per heavy atom. The molecule has 2 amide bonds. The maximum atomic E-state index is 12.9. The molecule has 3 aromatic rings. The largest absolute Gasteiger partial charge is 0.346 e. The molecule has 0 saturated carbocycles. The van der Waals surface area contributed by atoms with Crippen LogP contribution in [0.5, 0.6) is 0 Å². The Labute approximate surface area is 164 Å². The fourth-order valence-corrected chi connectivity index (χ4v) is 2.91. The van der Waals surface area contributed by atoms with E-state index in [9.17, 15) is 9.59 Å². The molecule has 1 heterocycles. The smallest absolute Gasteiger partial charge is 0.251 e. The van der Waals surface area contributed by atoms with Crippen LogP contribution in [0.2, 0.25) is 0 Å². The highest BCUT2D eigenvalue weighted by Gasteiger charge is 2.23. The molecule has 2 N–H and O–H groups in total. The first kappa shape index (κ1) is 19.3. The molecule has 3 rings (SSSR count). The van der Waals surface area contributed by atoms with Crippen molar-refractivity contribution in [1.82, 2.24) is 15.6 Å². The van der Waals surface area contributed by atoms with Crippen molar-refractivity contribution in [3.05, 3.63) is 102 Å². The van der Waals surface area contributed by atoms with Gasteiger partial charge in [-0.2, -0.15) is 0 Å². The van der Waals surface area contributed by atoms with E-state index in [1.165, 1.54) is 0 Å². The molecule has 28 heavy (non-hydrogen) atoms. The van der Waals surface area contributed by atoms with Crippen molar-refractivity contribution in [3.8, 4) is 0 Å². The molecular weight excluding hydrogens is 350 g/mol. The lowest BCUT2D eigenvalue weighted by atomic mass is 10.0. The van der Waals surface area contributed by atoms with E-state index in [4.69, 9.17) is 0 Å². The molecular formula is C23H23N3O2. The maximum Gasteiger partial charge on any atom is 0.251 e. The Balaban J connectivity index is 1.75. The van der Waals surface area contributed by atoms with E-state index in [1.54, 1.807) is 30.5 Å². The van der Waals surface area contributed by atoms with Crippen molar-refractivity contribution in [2.45, 2.75) is 25.4 Å². The number of carbonyl (C=O) groups excluding carboxylic acids is 2. The highest BCUT2D eigenvalue weighted by molar-refractivity contribution is 5.97. The quantitative estimate of drug-likeness (QED) is 0.668. The minimum Gasteiger partial charge on any atom is -0.346 e. The number of nitrogens with zero attached hydrogens (tertiary/aromatic N) is 1. The van der Waals surface area contributed by atoms with Crippen LogP contribution in [0.1, 0.15) is 34.6 Å². The zero-order chi connectivity index (χ0) is 19.8. The van der Waals surface area contributed by atoms with Crippen LogP contribution in [0.15, 0.2) is 85.1 Å². The van der Waals surface area contributed by atoms with Crippen LogP contribution >= 0.6 is 0 Å². The van der Waals surface area contributed by atoms with Gasteiger partial charge in [0.05, 0.1) is 11.7 Å². The van der Waals surface area contributed by atoms with Gasteiger partial charge in [0.25, 0.3) is 5.91 Å². The first-order valence-corrected chi connectivity index (χ1v) is 9.24. The maximum absolute atomic E-state index is 12.9. The third-order valence-electron chi connectivity index (χ3n) is 4.43. The van der Waals surface area contributed by atoms with Crippen molar-refractivity contribution < 1.29 is 9.59 Å². The third-order valence-corrected chi connectivity index (χ3v) is 4.43. The van der Waals surface area contributed by atoms with Gasteiger partial charge in [-0.1, -0.05) is 54.6 Å². The average molecular weight is 373 g/mol. The van der Waals surface area contributed by atoms with Crippen LogP contribution in [-0.4, -0.2) is 22.8 Å². The summed E-state index contributed by atoms with van der Waals surface area (Å²) in [4.78, 5) is 29.8. The van der Waals surface area contributed by atoms with E-state index in [0.717, 1.165) is 11.3 Å². The highest BCUT2D eigenvalue weighted by atomic mass is 16.2. The number of aromatic nitrogens is 1. The summed E-state index contributed by atoms with van der Waals surface area (Å²) in [5.74, 6) is -0.520. The minimum atomic E-state index is -0.693. The molecule has 142 valence electrons. The summed E-state index contributed by atoms with van der Waals surface area (Å²) in [5.41, 5.74) is 2.26. The Morgan fingerprint density at radius 1 is 0.857 bits per heavy atom. The van der Waals surface area contributed by atoms with Gasteiger partial charge in [-0.15, -0.1) is 0 Å². The van der Waals surface area contributed by atoms with Gasteiger partial charge in [0.2, 0.25) is 5.91 Å². The molecule has 1 aromatic heterocycles. The standard InChI is InChI=1S/C23H23N3O2/c1-17(20-14-8-9-15-24-20)25-23(28)21(16-18-10-4-2-5-11-18)26-22(27)19-12-6-3-7-13-19/h2-15,17,21H,16H2,1H3,(H,25,28)(H,26,27). The van der Waals surface area contributed by atoms with Gasteiger partial charge >= 0.3 is 0 Å². The number of nitrogens with one attached hydrogen (secondary N) is 2. The van der Waals surface area contributed by atoms with Gasteiger partial charge in [-0.25, -0.2) is 0 Å². The Bertz CT molecular complexity index is 899. The van der Waals surface area contributed by atoms with Crippen molar-refractivity contribution in [3.63, 3.8) is 0 Å². The number of benzene rings is 2. The molecule has 2 atom stereocenters. The molecule has 0 radical (unpaired) electrons. The first-order valence-electron chi connectivity index (χ1n) is 9.24. The summed E-state index contributed by atoms with van der Waals surface area (Å²) in [7, 11) is 0. The highest BCUT2D eigenvalue weighted by Crippen LogP contribution is 2.10. The molecule has 0 spiro atoms. The zero-order valence-corrected chi connectivity index (χ0v) is 15.7. The Hall–Kier alpha value is -3.47. The van der Waals surface area contributed by atoms with Crippen molar-refractivity contribution in [2.24, 2.45) is 0 Å². The fourth-order valence-electron chi connectivity index (χ4n) is 2.91. The second kappa shape index (κ2) is 9.46. The molecule has 2 aromatic carbocycles. The lowest BCUT2D eigenvalue weighted by molar-refractivity contribution is -0.123. The predicted molar refractivity (Wildman–Crippen MR) is 109 cm³/mol. The summed E-state index contributed by atoms with van der Waals surface area (Å²) in [6, 6.07) is 23.1. The summed E-state index contributed by atoms with van der Waals surface area (Å²) >= 11 is 0. The van der Waals surface area contributed by atoms with Crippen LogP contribution in [0, 0.1) is 0 Å². The van der Waals surface area contributed by atoms with Crippen LogP contribution in [0.4, 0.5) is 0 Å². The Kier molecular flexibility index (Phi) is 6.52. The molecule has 0 saturated heterocycles. The van der Waals surface area contributed by atoms with E-state index >= 15 is 0 Å². The molecule has 0 aliphatic carbocycles. The number of carbonyl (C=O) groups is 2. The number of rotatable bonds is 7. The monoisotopic (exact) mass is 373 g/mol. The average Bonchev–Trinajstić information content (AvgIpc) is 2.75. The van der Waals surface area contributed by atoms with Crippen molar-refractivity contribution in [1.29, 1.82) is 0 Å². The predicted octanol–water partition coefficient (Wildman–Crippen LogP) is 3.30. The van der Waals surface area contributed by atoms with E-state index in [1.807, 2.05) is 61.5 Å². The van der Waals surface area contributed by atoms with Gasteiger partial charge < -0.3 is 10.6 Å². The molecule has 0 bridgehead atoms. The normalized spacial score (nSPS) is 12.6. The molecule has 5 heteroatoms. The number of hydrogen-bond donors (Lipinski definition) is 2. The lowest BCUT2D eigenvalue weighted by Gasteiger charge is -2.21. The molecule has 0 fully saturated rings. The zero-order valence-electron chi connectivity index (χ0n) is 15.7. The summed E-state index contributed by atoms with van der Waals surface area (Å²) in [6.45, 7) is 1.87. The first-order chi connectivity index (χ1) is 13.6. The lowest BCUT2D eigenvalue weighted by Crippen LogP contribution is -2.48. The minimum absolute atomic E-state index is 0.244. The molecule has 5 nitrogen and oxygen atoms in total. The van der Waals surface area contributed by atoms with E-state index in [0.29, 0.717) is 12.0 Å². The van der Waals surface area contributed by atoms with Gasteiger partial charge in [-0.05, 0) is 36.8 Å². The van der Waals surface area contributed by atoms with Crippen molar-refractivity contribution >= 4 is 11.8 Å². The van der Waals surface area contributed by atoms with Gasteiger partial charge in [0.15, 0.2) is 0 Å². The second-order valence-electron chi connectivity index (χ2n) is 6.57. The third kappa shape index (κ3) is 5.27. The van der Waals surface area contributed by atoms with E-state index < -0.39 is 6.04 Å². The van der Waals surface area contributed by atoms with Crippen LogP contribution in [-0.2, 0) is 11.2 Å². The van der Waals surface area contributed by atoms with Gasteiger partial charge in [0, 0.05) is 18.2 Å². The topological polar surface area (TPSA) is 71.1 Å². The molecule has 2 unspecified atom stereocenters. The molecule has 0 aliphatic heterocycles. The van der Waals surface area contributed by atoms with E-state index in [-0.39, 0.29) is 17.9 Å². The molecule has 0 aliphatic rings.